The fraction of sp³-hybridized carbons (Fsp3) is 0.400. The first-order valence-corrected chi connectivity index (χ1v) is 6.33. The molecule has 14 heavy (non-hydrogen) atoms. The molecular formula is C10H14ClNOS. The number of rotatable bonds is 5. The molecule has 0 aliphatic carbocycles. The SMILES string of the molecule is CNCCS(=O)Cc1ccc(Cl)cc1. The molecule has 0 heterocycles. The summed E-state index contributed by atoms with van der Waals surface area (Å²) in [6.07, 6.45) is 0. The first-order valence-electron chi connectivity index (χ1n) is 4.46. The smallest absolute Gasteiger partial charge is 0.0486 e. The molecule has 0 aliphatic rings. The van der Waals surface area contributed by atoms with E-state index in [0.29, 0.717) is 11.5 Å². The molecule has 0 saturated heterocycles. The van der Waals surface area contributed by atoms with Gasteiger partial charge in [-0.3, -0.25) is 4.21 Å². The zero-order chi connectivity index (χ0) is 10.4. The maximum absolute atomic E-state index is 11.5. The Kier molecular flexibility index (Phi) is 5.15. The second-order valence-corrected chi connectivity index (χ2v) is 5.03. The summed E-state index contributed by atoms with van der Waals surface area (Å²) in [6.45, 7) is 0.792. The monoisotopic (exact) mass is 231 g/mol. The third kappa shape index (κ3) is 4.22. The van der Waals surface area contributed by atoms with E-state index in [1.807, 2.05) is 31.3 Å². The summed E-state index contributed by atoms with van der Waals surface area (Å²) >= 11 is 5.75. The van der Waals surface area contributed by atoms with Crippen molar-refractivity contribution in [1.29, 1.82) is 0 Å². The van der Waals surface area contributed by atoms with Gasteiger partial charge in [0, 0.05) is 33.9 Å². The van der Waals surface area contributed by atoms with E-state index >= 15 is 0 Å². The molecule has 1 aromatic rings. The molecule has 0 spiro atoms. The van der Waals surface area contributed by atoms with Crippen LogP contribution in [0.1, 0.15) is 5.56 Å². The standard InChI is InChI=1S/C10H14ClNOS/c1-12-6-7-14(13)8-9-2-4-10(11)5-3-9/h2-5,12H,6-8H2,1H3. The van der Waals surface area contributed by atoms with Crippen molar-refractivity contribution >= 4 is 22.4 Å². The summed E-state index contributed by atoms with van der Waals surface area (Å²) in [6, 6.07) is 7.48. The van der Waals surface area contributed by atoms with Gasteiger partial charge in [0.25, 0.3) is 0 Å². The number of benzene rings is 1. The highest BCUT2D eigenvalue weighted by atomic mass is 35.5. The van der Waals surface area contributed by atoms with Gasteiger partial charge < -0.3 is 5.32 Å². The highest BCUT2D eigenvalue weighted by Crippen LogP contribution is 2.10. The molecule has 0 radical (unpaired) electrons. The molecular weight excluding hydrogens is 218 g/mol. The van der Waals surface area contributed by atoms with Crippen LogP contribution in [0, 0.1) is 0 Å². The summed E-state index contributed by atoms with van der Waals surface area (Å²) < 4.78 is 11.5. The Bertz CT molecular complexity index is 299. The summed E-state index contributed by atoms with van der Waals surface area (Å²) in [7, 11) is 1.08. The third-order valence-electron chi connectivity index (χ3n) is 1.82. The largest absolute Gasteiger partial charge is 0.319 e. The van der Waals surface area contributed by atoms with E-state index in [1.165, 1.54) is 0 Å². The molecule has 1 unspecified atom stereocenters. The lowest BCUT2D eigenvalue weighted by atomic mass is 10.2. The molecule has 0 fully saturated rings. The molecule has 0 aromatic heterocycles. The van der Waals surface area contributed by atoms with E-state index in [2.05, 4.69) is 5.32 Å². The number of hydrogen-bond donors (Lipinski definition) is 1. The fourth-order valence-electron chi connectivity index (χ4n) is 1.05. The Balaban J connectivity index is 2.44. The van der Waals surface area contributed by atoms with Gasteiger partial charge in [-0.1, -0.05) is 23.7 Å². The molecule has 2 nitrogen and oxygen atoms in total. The first-order chi connectivity index (χ1) is 6.72. The van der Waals surface area contributed by atoms with Crippen molar-refractivity contribution in [1.82, 2.24) is 5.32 Å². The molecule has 4 heteroatoms. The summed E-state index contributed by atoms with van der Waals surface area (Å²) in [5.41, 5.74) is 1.07. The van der Waals surface area contributed by atoms with E-state index in [9.17, 15) is 4.21 Å². The van der Waals surface area contributed by atoms with Crippen LogP contribution in [0.2, 0.25) is 5.02 Å². The molecule has 78 valence electrons. The molecule has 0 saturated carbocycles. The number of hydrogen-bond acceptors (Lipinski definition) is 2. The van der Waals surface area contributed by atoms with E-state index < -0.39 is 10.8 Å². The zero-order valence-electron chi connectivity index (χ0n) is 8.13. The average molecular weight is 232 g/mol. The van der Waals surface area contributed by atoms with Gasteiger partial charge in [0.05, 0.1) is 0 Å². The Hall–Kier alpha value is -0.380. The van der Waals surface area contributed by atoms with E-state index in [1.54, 1.807) is 0 Å². The number of nitrogens with one attached hydrogen (secondary N) is 1. The predicted octanol–water partition coefficient (Wildman–Crippen LogP) is 1.81. The van der Waals surface area contributed by atoms with Crippen molar-refractivity contribution in [2.45, 2.75) is 5.75 Å². The van der Waals surface area contributed by atoms with Crippen LogP contribution in [0.25, 0.3) is 0 Å². The predicted molar refractivity (Wildman–Crippen MR) is 62.1 cm³/mol. The van der Waals surface area contributed by atoms with Gasteiger partial charge in [0.15, 0.2) is 0 Å². The van der Waals surface area contributed by atoms with E-state index in [-0.39, 0.29) is 0 Å². The van der Waals surface area contributed by atoms with Crippen LogP contribution in [0.4, 0.5) is 0 Å². The van der Waals surface area contributed by atoms with Crippen molar-refractivity contribution in [3.8, 4) is 0 Å². The maximum atomic E-state index is 11.5. The van der Waals surface area contributed by atoms with Gasteiger partial charge in [-0.2, -0.15) is 0 Å². The number of halogens is 1. The molecule has 1 atom stereocenters. The second kappa shape index (κ2) is 6.17. The van der Waals surface area contributed by atoms with Gasteiger partial charge in [0.1, 0.15) is 0 Å². The molecule has 0 amide bonds. The summed E-state index contributed by atoms with van der Waals surface area (Å²) in [4.78, 5) is 0. The quantitative estimate of drug-likeness (QED) is 0.838. The van der Waals surface area contributed by atoms with Crippen molar-refractivity contribution in [2.24, 2.45) is 0 Å². The molecule has 1 N–H and O–H groups in total. The minimum absolute atomic E-state index is 0.610. The average Bonchev–Trinajstić information content (AvgIpc) is 2.18. The van der Waals surface area contributed by atoms with Gasteiger partial charge in [-0.25, -0.2) is 0 Å². The zero-order valence-corrected chi connectivity index (χ0v) is 9.70. The Morgan fingerprint density at radius 1 is 1.36 bits per heavy atom. The third-order valence-corrected chi connectivity index (χ3v) is 3.39. The Morgan fingerprint density at radius 3 is 2.57 bits per heavy atom. The van der Waals surface area contributed by atoms with Crippen LogP contribution < -0.4 is 5.32 Å². The molecule has 1 aromatic carbocycles. The second-order valence-electron chi connectivity index (χ2n) is 3.02. The van der Waals surface area contributed by atoms with Crippen LogP contribution in [0.5, 0.6) is 0 Å². The van der Waals surface area contributed by atoms with Crippen LogP contribution in [-0.2, 0) is 16.6 Å². The van der Waals surface area contributed by atoms with E-state index in [4.69, 9.17) is 11.6 Å². The van der Waals surface area contributed by atoms with Crippen LogP contribution in [-0.4, -0.2) is 23.6 Å². The van der Waals surface area contributed by atoms with Crippen molar-refractivity contribution < 1.29 is 4.21 Å². The van der Waals surface area contributed by atoms with Gasteiger partial charge in [0.2, 0.25) is 0 Å². The van der Waals surface area contributed by atoms with Crippen molar-refractivity contribution in [3.63, 3.8) is 0 Å². The first kappa shape index (κ1) is 11.7. The highest BCUT2D eigenvalue weighted by molar-refractivity contribution is 7.84. The molecule has 1 rings (SSSR count). The van der Waals surface area contributed by atoms with E-state index in [0.717, 1.165) is 17.1 Å². The van der Waals surface area contributed by atoms with Gasteiger partial charge in [-0.15, -0.1) is 0 Å². The Labute approximate surface area is 92.1 Å². The summed E-state index contributed by atoms with van der Waals surface area (Å²) in [5.74, 6) is 1.30. The minimum Gasteiger partial charge on any atom is -0.319 e. The van der Waals surface area contributed by atoms with Gasteiger partial charge >= 0.3 is 0 Å². The lowest BCUT2D eigenvalue weighted by Gasteiger charge is -2.02. The Morgan fingerprint density at radius 2 is 2.00 bits per heavy atom. The van der Waals surface area contributed by atoms with Crippen LogP contribution in [0.3, 0.4) is 0 Å². The van der Waals surface area contributed by atoms with Gasteiger partial charge in [-0.05, 0) is 24.7 Å². The lowest BCUT2D eigenvalue weighted by molar-refractivity contribution is 0.679. The van der Waals surface area contributed by atoms with Crippen LogP contribution >= 0.6 is 11.6 Å². The molecule has 0 bridgehead atoms. The van der Waals surface area contributed by atoms with Crippen LogP contribution in [0.15, 0.2) is 24.3 Å². The molecule has 0 aliphatic heterocycles. The van der Waals surface area contributed by atoms with Crippen molar-refractivity contribution in [3.05, 3.63) is 34.9 Å². The fourth-order valence-corrected chi connectivity index (χ4v) is 2.32. The normalized spacial score (nSPS) is 12.7. The topological polar surface area (TPSA) is 29.1 Å². The summed E-state index contributed by atoms with van der Waals surface area (Å²) in [5, 5.41) is 3.70. The minimum atomic E-state index is -0.783. The lowest BCUT2D eigenvalue weighted by Crippen LogP contribution is -2.16. The highest BCUT2D eigenvalue weighted by Gasteiger charge is 2.00. The maximum Gasteiger partial charge on any atom is 0.0486 e. The van der Waals surface area contributed by atoms with Crippen molar-refractivity contribution in [2.75, 3.05) is 19.3 Å².